The third kappa shape index (κ3) is 3.67. The Morgan fingerprint density at radius 1 is 1.27 bits per heavy atom. The minimum absolute atomic E-state index is 0.190. The molecular weight excluding hydrogens is 208 g/mol. The van der Waals surface area contributed by atoms with Gasteiger partial charge in [0.25, 0.3) is 0 Å². The van der Waals surface area contributed by atoms with E-state index in [1.165, 1.54) is 0 Å². The van der Waals surface area contributed by atoms with Crippen molar-refractivity contribution in [1.29, 1.82) is 0 Å². The Bertz CT molecular complexity index is 337. The molecule has 0 unspecified atom stereocenters. The average molecular weight is 225 g/mol. The second-order valence-corrected chi connectivity index (χ2v) is 4.57. The monoisotopic (exact) mass is 224 g/mol. The molecule has 1 rings (SSSR count). The quantitative estimate of drug-likeness (QED) is 0.562. The number of rotatable bonds is 4. The Hall–Kier alpha value is -0.820. The van der Waals surface area contributed by atoms with Crippen LogP contribution < -0.4 is 0 Å². The van der Waals surface area contributed by atoms with Gasteiger partial charge in [-0.1, -0.05) is 24.1 Å². The second kappa shape index (κ2) is 5.32. The maximum absolute atomic E-state index is 11.9. The molecule has 0 aliphatic carbocycles. The summed E-state index contributed by atoms with van der Waals surface area (Å²) in [6, 6.07) is 5.95. The van der Waals surface area contributed by atoms with Crippen LogP contribution in [0.3, 0.4) is 0 Å². The van der Waals surface area contributed by atoms with Gasteiger partial charge in [0.05, 0.1) is 0 Å². The number of ketones is 1. The van der Waals surface area contributed by atoms with Gasteiger partial charge in [-0.05, 0) is 31.9 Å². The lowest BCUT2D eigenvalue weighted by Crippen LogP contribution is -2.07. The third-order valence-corrected chi connectivity index (χ3v) is 2.87. The van der Waals surface area contributed by atoms with Crippen molar-refractivity contribution in [2.24, 2.45) is 5.92 Å². The maximum Gasteiger partial charge on any atom is 0.163 e. The van der Waals surface area contributed by atoms with Gasteiger partial charge in [-0.15, -0.1) is 11.6 Å². The van der Waals surface area contributed by atoms with Crippen molar-refractivity contribution in [2.75, 3.05) is 5.88 Å². The van der Waals surface area contributed by atoms with Crippen LogP contribution in [-0.4, -0.2) is 11.7 Å². The Kier molecular flexibility index (Phi) is 4.34. The number of hydrogen-bond donors (Lipinski definition) is 0. The van der Waals surface area contributed by atoms with Gasteiger partial charge in [0.1, 0.15) is 0 Å². The zero-order valence-electron chi connectivity index (χ0n) is 9.51. The van der Waals surface area contributed by atoms with Crippen molar-refractivity contribution in [1.82, 2.24) is 0 Å². The summed E-state index contributed by atoms with van der Waals surface area (Å²) in [6.45, 7) is 6.01. The smallest absolute Gasteiger partial charge is 0.163 e. The van der Waals surface area contributed by atoms with Gasteiger partial charge in [-0.2, -0.15) is 0 Å². The van der Waals surface area contributed by atoms with Gasteiger partial charge in [-0.3, -0.25) is 4.79 Å². The predicted molar refractivity (Wildman–Crippen MR) is 64.7 cm³/mol. The first-order valence-electron chi connectivity index (χ1n) is 5.20. The lowest BCUT2D eigenvalue weighted by Gasteiger charge is -2.07. The molecule has 0 radical (unpaired) electrons. The van der Waals surface area contributed by atoms with E-state index in [0.29, 0.717) is 12.3 Å². The number of benzene rings is 1. The molecule has 0 N–H and O–H groups in total. The van der Waals surface area contributed by atoms with Crippen LogP contribution >= 0.6 is 11.6 Å². The highest BCUT2D eigenvalue weighted by Crippen LogP contribution is 2.14. The number of carbonyl (C=O) groups excluding carboxylic acids is 1. The van der Waals surface area contributed by atoms with Crippen molar-refractivity contribution in [3.05, 3.63) is 34.9 Å². The Balaban J connectivity index is 2.82. The number of aryl methyl sites for hydroxylation is 2. The fourth-order valence-corrected chi connectivity index (χ4v) is 1.73. The van der Waals surface area contributed by atoms with Crippen molar-refractivity contribution >= 4 is 17.4 Å². The summed E-state index contributed by atoms with van der Waals surface area (Å²) < 4.78 is 0. The zero-order chi connectivity index (χ0) is 11.4. The molecule has 1 aromatic rings. The molecule has 0 saturated heterocycles. The third-order valence-electron chi connectivity index (χ3n) is 2.34. The molecule has 0 amide bonds. The van der Waals surface area contributed by atoms with Gasteiger partial charge < -0.3 is 0 Å². The summed E-state index contributed by atoms with van der Waals surface area (Å²) in [7, 11) is 0. The average Bonchev–Trinajstić information content (AvgIpc) is 2.16. The van der Waals surface area contributed by atoms with Crippen LogP contribution in [0.15, 0.2) is 18.2 Å². The Labute approximate surface area is 96.5 Å². The topological polar surface area (TPSA) is 17.1 Å². The van der Waals surface area contributed by atoms with Crippen LogP contribution in [0.1, 0.15) is 34.8 Å². The highest BCUT2D eigenvalue weighted by Gasteiger charge is 2.11. The standard InChI is InChI=1S/C13H17ClO/c1-9-4-10(2)6-12(5-9)13(15)7-11(3)8-14/h4-6,11H,7-8H2,1-3H3/t11-/m1/s1. The molecule has 1 atom stereocenters. The molecule has 0 bridgehead atoms. The number of Topliss-reactive ketones (excluding diaryl/α,β-unsaturated/α-hetero) is 1. The van der Waals surface area contributed by atoms with Crippen molar-refractivity contribution < 1.29 is 4.79 Å². The summed E-state index contributed by atoms with van der Waals surface area (Å²) in [5.74, 6) is 0.978. The largest absolute Gasteiger partial charge is 0.294 e. The fourth-order valence-electron chi connectivity index (χ4n) is 1.62. The molecular formula is C13H17ClO. The van der Waals surface area contributed by atoms with E-state index in [9.17, 15) is 4.79 Å². The first-order valence-corrected chi connectivity index (χ1v) is 5.74. The molecule has 15 heavy (non-hydrogen) atoms. The minimum Gasteiger partial charge on any atom is -0.294 e. The molecule has 0 aliphatic rings. The van der Waals surface area contributed by atoms with E-state index in [1.54, 1.807) is 0 Å². The molecule has 0 aromatic heterocycles. The zero-order valence-corrected chi connectivity index (χ0v) is 10.3. The molecule has 0 spiro atoms. The molecule has 0 fully saturated rings. The van der Waals surface area contributed by atoms with Crippen molar-refractivity contribution in [3.8, 4) is 0 Å². The van der Waals surface area contributed by atoms with E-state index in [4.69, 9.17) is 11.6 Å². The van der Waals surface area contributed by atoms with Crippen LogP contribution in [0.5, 0.6) is 0 Å². The van der Waals surface area contributed by atoms with Gasteiger partial charge in [-0.25, -0.2) is 0 Å². The van der Waals surface area contributed by atoms with E-state index in [0.717, 1.165) is 16.7 Å². The first-order chi connectivity index (χ1) is 7.02. The fraction of sp³-hybridized carbons (Fsp3) is 0.462. The van der Waals surface area contributed by atoms with Gasteiger partial charge in [0.15, 0.2) is 5.78 Å². The molecule has 0 aliphatic heterocycles. The van der Waals surface area contributed by atoms with E-state index in [1.807, 2.05) is 32.9 Å². The molecule has 82 valence electrons. The lowest BCUT2D eigenvalue weighted by atomic mass is 9.98. The lowest BCUT2D eigenvalue weighted by molar-refractivity contribution is 0.0968. The van der Waals surface area contributed by atoms with Crippen LogP contribution in [0.2, 0.25) is 0 Å². The summed E-state index contributed by atoms with van der Waals surface area (Å²) in [4.78, 5) is 11.9. The second-order valence-electron chi connectivity index (χ2n) is 4.26. The molecule has 2 heteroatoms. The van der Waals surface area contributed by atoms with E-state index >= 15 is 0 Å². The summed E-state index contributed by atoms with van der Waals surface area (Å²) in [5.41, 5.74) is 3.08. The molecule has 0 saturated carbocycles. The summed E-state index contributed by atoms with van der Waals surface area (Å²) in [5, 5.41) is 0. The van der Waals surface area contributed by atoms with Gasteiger partial charge >= 0.3 is 0 Å². The van der Waals surface area contributed by atoms with Crippen molar-refractivity contribution in [3.63, 3.8) is 0 Å². The van der Waals surface area contributed by atoms with Gasteiger partial charge in [0, 0.05) is 17.9 Å². The number of halogens is 1. The summed E-state index contributed by atoms with van der Waals surface area (Å²) >= 11 is 5.69. The van der Waals surface area contributed by atoms with Crippen LogP contribution in [-0.2, 0) is 0 Å². The number of alkyl halides is 1. The van der Waals surface area contributed by atoms with E-state index in [2.05, 4.69) is 6.07 Å². The predicted octanol–water partition coefficient (Wildman–Crippen LogP) is 3.75. The first kappa shape index (κ1) is 12.3. The highest BCUT2D eigenvalue weighted by atomic mass is 35.5. The SMILES string of the molecule is Cc1cc(C)cc(C(=O)C[C@@H](C)CCl)c1. The van der Waals surface area contributed by atoms with Crippen LogP contribution in [0, 0.1) is 19.8 Å². The van der Waals surface area contributed by atoms with Crippen LogP contribution in [0.25, 0.3) is 0 Å². The Morgan fingerprint density at radius 2 is 1.80 bits per heavy atom. The highest BCUT2D eigenvalue weighted by molar-refractivity contribution is 6.18. The van der Waals surface area contributed by atoms with E-state index < -0.39 is 0 Å². The maximum atomic E-state index is 11.9. The molecule has 1 aromatic carbocycles. The molecule has 1 nitrogen and oxygen atoms in total. The van der Waals surface area contributed by atoms with Crippen LogP contribution in [0.4, 0.5) is 0 Å². The normalized spacial score (nSPS) is 12.5. The van der Waals surface area contributed by atoms with Crippen molar-refractivity contribution in [2.45, 2.75) is 27.2 Å². The number of hydrogen-bond acceptors (Lipinski definition) is 1. The number of carbonyl (C=O) groups is 1. The Morgan fingerprint density at radius 3 is 2.27 bits per heavy atom. The molecule has 0 heterocycles. The summed E-state index contributed by atoms with van der Waals surface area (Å²) in [6.07, 6.45) is 0.534. The van der Waals surface area contributed by atoms with Gasteiger partial charge in [0.2, 0.25) is 0 Å². The minimum atomic E-state index is 0.190. The van der Waals surface area contributed by atoms with E-state index in [-0.39, 0.29) is 11.7 Å².